The molecule has 6 heteroatoms. The lowest BCUT2D eigenvalue weighted by Crippen LogP contribution is -2.44. The third kappa shape index (κ3) is 6.34. The monoisotopic (exact) mass is 398 g/mol. The molecule has 0 unspecified atom stereocenters. The standard InChI is InChI=1S/C23H31FN4O/c1-26(2)14-15-28(23(29)22-11-5-6-12-25-22)17-19-8-7-13-27(16-19)18-20-9-3-4-10-21(20)24/h3-6,9-12,19H,7-8,13-18H2,1-2H3/t19-/m0/s1. The van der Waals surface area contributed by atoms with Gasteiger partial charge in [0.05, 0.1) is 0 Å². The molecule has 3 rings (SSSR count). The van der Waals surface area contributed by atoms with E-state index in [1.54, 1.807) is 18.3 Å². The molecule has 1 saturated heterocycles. The molecule has 156 valence electrons. The third-order valence-corrected chi connectivity index (χ3v) is 5.42. The van der Waals surface area contributed by atoms with Crippen molar-refractivity contribution in [2.24, 2.45) is 5.92 Å². The highest BCUT2D eigenvalue weighted by molar-refractivity contribution is 5.92. The highest BCUT2D eigenvalue weighted by Crippen LogP contribution is 2.21. The third-order valence-electron chi connectivity index (χ3n) is 5.42. The fraction of sp³-hybridized carbons (Fsp3) is 0.478. The summed E-state index contributed by atoms with van der Waals surface area (Å²) >= 11 is 0. The minimum absolute atomic E-state index is 0.0151. The molecule has 0 bridgehead atoms. The van der Waals surface area contributed by atoms with Gasteiger partial charge in [0.2, 0.25) is 0 Å². The van der Waals surface area contributed by atoms with Crippen molar-refractivity contribution in [2.75, 3.05) is 46.8 Å². The fourth-order valence-electron chi connectivity index (χ4n) is 3.87. The minimum Gasteiger partial charge on any atom is -0.336 e. The second-order valence-corrected chi connectivity index (χ2v) is 8.10. The van der Waals surface area contributed by atoms with Crippen LogP contribution >= 0.6 is 0 Å². The van der Waals surface area contributed by atoms with Crippen LogP contribution in [-0.2, 0) is 6.54 Å². The van der Waals surface area contributed by atoms with E-state index in [2.05, 4.69) is 14.8 Å². The molecule has 29 heavy (non-hydrogen) atoms. The maximum absolute atomic E-state index is 14.0. The molecule has 1 amide bonds. The van der Waals surface area contributed by atoms with Gasteiger partial charge < -0.3 is 9.80 Å². The van der Waals surface area contributed by atoms with Crippen LogP contribution in [0.5, 0.6) is 0 Å². The van der Waals surface area contributed by atoms with Crippen molar-refractivity contribution in [3.63, 3.8) is 0 Å². The number of carbonyl (C=O) groups excluding carboxylic acids is 1. The number of pyridine rings is 1. The molecule has 0 N–H and O–H groups in total. The number of hydrogen-bond acceptors (Lipinski definition) is 4. The number of amides is 1. The van der Waals surface area contributed by atoms with Gasteiger partial charge in [0.15, 0.2) is 0 Å². The fourth-order valence-corrected chi connectivity index (χ4v) is 3.87. The van der Waals surface area contributed by atoms with Crippen LogP contribution in [0.3, 0.4) is 0 Å². The molecule has 0 spiro atoms. The zero-order chi connectivity index (χ0) is 20.6. The van der Waals surface area contributed by atoms with E-state index in [0.29, 0.717) is 31.2 Å². The Labute approximate surface area is 173 Å². The van der Waals surface area contributed by atoms with Gasteiger partial charge in [-0.3, -0.25) is 14.7 Å². The first-order valence-corrected chi connectivity index (χ1v) is 10.3. The Bertz CT molecular complexity index is 783. The average Bonchev–Trinajstić information content (AvgIpc) is 2.73. The van der Waals surface area contributed by atoms with Gasteiger partial charge in [-0.2, -0.15) is 0 Å². The van der Waals surface area contributed by atoms with Gasteiger partial charge in [-0.25, -0.2) is 4.39 Å². The molecule has 1 aromatic carbocycles. The summed E-state index contributed by atoms with van der Waals surface area (Å²) in [6.07, 6.45) is 3.81. The number of hydrogen-bond donors (Lipinski definition) is 0. The normalized spacial score (nSPS) is 17.4. The molecule has 0 radical (unpaired) electrons. The zero-order valence-electron chi connectivity index (χ0n) is 17.4. The van der Waals surface area contributed by atoms with E-state index in [1.165, 1.54) is 6.07 Å². The smallest absolute Gasteiger partial charge is 0.272 e. The molecule has 1 fully saturated rings. The Balaban J connectivity index is 1.64. The van der Waals surface area contributed by atoms with Crippen molar-refractivity contribution in [3.05, 3.63) is 65.7 Å². The molecule has 0 aliphatic carbocycles. The van der Waals surface area contributed by atoms with E-state index >= 15 is 0 Å². The van der Waals surface area contributed by atoms with E-state index < -0.39 is 0 Å². The van der Waals surface area contributed by atoms with Crippen LogP contribution in [0.25, 0.3) is 0 Å². The zero-order valence-corrected chi connectivity index (χ0v) is 17.4. The van der Waals surface area contributed by atoms with E-state index in [-0.39, 0.29) is 11.7 Å². The Kier molecular flexibility index (Phi) is 7.72. The van der Waals surface area contributed by atoms with Crippen LogP contribution in [0.2, 0.25) is 0 Å². The Hall–Kier alpha value is -2.31. The van der Waals surface area contributed by atoms with E-state index in [0.717, 1.165) is 38.0 Å². The summed E-state index contributed by atoms with van der Waals surface area (Å²) in [4.78, 5) is 23.6. The maximum Gasteiger partial charge on any atom is 0.272 e. The summed E-state index contributed by atoms with van der Waals surface area (Å²) in [5.74, 6) is 0.219. The summed E-state index contributed by atoms with van der Waals surface area (Å²) in [5.41, 5.74) is 1.23. The average molecular weight is 399 g/mol. The minimum atomic E-state index is -0.146. The van der Waals surface area contributed by atoms with Crippen LogP contribution in [0.4, 0.5) is 4.39 Å². The highest BCUT2D eigenvalue weighted by atomic mass is 19.1. The summed E-state index contributed by atoms with van der Waals surface area (Å²) in [6, 6.07) is 12.4. The molecule has 1 atom stereocenters. The second-order valence-electron chi connectivity index (χ2n) is 8.10. The SMILES string of the molecule is CN(C)CCN(C[C@H]1CCCN(Cc2ccccc2F)C1)C(=O)c1ccccn1. The number of benzene rings is 1. The molecule has 1 aliphatic rings. The lowest BCUT2D eigenvalue weighted by molar-refractivity contribution is 0.0654. The van der Waals surface area contributed by atoms with E-state index in [4.69, 9.17) is 0 Å². The first-order valence-electron chi connectivity index (χ1n) is 10.3. The quantitative estimate of drug-likeness (QED) is 0.685. The van der Waals surface area contributed by atoms with E-state index in [1.807, 2.05) is 43.3 Å². The van der Waals surface area contributed by atoms with Crippen LogP contribution in [0.1, 0.15) is 28.9 Å². The number of rotatable bonds is 8. The van der Waals surface area contributed by atoms with Gasteiger partial charge in [0, 0.05) is 44.5 Å². The van der Waals surface area contributed by atoms with Gasteiger partial charge in [-0.15, -0.1) is 0 Å². The van der Waals surface area contributed by atoms with Crippen LogP contribution in [-0.4, -0.2) is 72.4 Å². The van der Waals surface area contributed by atoms with Gasteiger partial charge in [-0.1, -0.05) is 24.3 Å². The van der Waals surface area contributed by atoms with Crippen molar-refractivity contribution in [1.29, 1.82) is 0 Å². The molecule has 1 aromatic heterocycles. The topological polar surface area (TPSA) is 39.7 Å². The highest BCUT2D eigenvalue weighted by Gasteiger charge is 2.25. The molecule has 2 heterocycles. The Morgan fingerprint density at radius 2 is 1.97 bits per heavy atom. The van der Waals surface area contributed by atoms with Crippen LogP contribution < -0.4 is 0 Å². The Morgan fingerprint density at radius 3 is 2.69 bits per heavy atom. The summed E-state index contributed by atoms with van der Waals surface area (Å²) in [6.45, 7) is 4.65. The molecule has 5 nitrogen and oxygen atoms in total. The van der Waals surface area contributed by atoms with Crippen molar-refractivity contribution in [2.45, 2.75) is 19.4 Å². The number of carbonyl (C=O) groups is 1. The first kappa shape index (κ1) is 21.4. The predicted molar refractivity (Wildman–Crippen MR) is 113 cm³/mol. The molecular formula is C23H31FN4O. The van der Waals surface area contributed by atoms with Crippen molar-refractivity contribution in [1.82, 2.24) is 19.7 Å². The Morgan fingerprint density at radius 1 is 1.17 bits per heavy atom. The number of likely N-dealkylation sites (N-methyl/N-ethyl adjacent to an activating group) is 1. The molecular weight excluding hydrogens is 367 g/mol. The van der Waals surface area contributed by atoms with Gasteiger partial charge in [-0.05, 0) is 57.6 Å². The van der Waals surface area contributed by atoms with Crippen LogP contribution in [0.15, 0.2) is 48.7 Å². The van der Waals surface area contributed by atoms with Crippen molar-refractivity contribution < 1.29 is 9.18 Å². The second kappa shape index (κ2) is 10.5. The largest absolute Gasteiger partial charge is 0.336 e. The summed E-state index contributed by atoms with van der Waals surface area (Å²) < 4.78 is 14.0. The number of nitrogens with zero attached hydrogens (tertiary/aromatic N) is 4. The van der Waals surface area contributed by atoms with Crippen molar-refractivity contribution in [3.8, 4) is 0 Å². The van der Waals surface area contributed by atoms with Crippen LogP contribution in [0, 0.1) is 11.7 Å². The number of halogens is 1. The molecule has 2 aromatic rings. The lowest BCUT2D eigenvalue weighted by atomic mass is 9.96. The van der Waals surface area contributed by atoms with E-state index in [9.17, 15) is 9.18 Å². The lowest BCUT2D eigenvalue weighted by Gasteiger charge is -2.36. The molecule has 1 aliphatic heterocycles. The van der Waals surface area contributed by atoms with Crippen molar-refractivity contribution >= 4 is 5.91 Å². The van der Waals surface area contributed by atoms with Gasteiger partial charge in [0.1, 0.15) is 11.5 Å². The molecule has 0 saturated carbocycles. The van der Waals surface area contributed by atoms with Gasteiger partial charge >= 0.3 is 0 Å². The summed E-state index contributed by atoms with van der Waals surface area (Å²) in [7, 11) is 4.03. The predicted octanol–water partition coefficient (Wildman–Crippen LogP) is 3.14. The number of aromatic nitrogens is 1. The number of piperidine rings is 1. The number of likely N-dealkylation sites (tertiary alicyclic amines) is 1. The first-order chi connectivity index (χ1) is 14.0. The van der Waals surface area contributed by atoms with Gasteiger partial charge in [0.25, 0.3) is 5.91 Å². The maximum atomic E-state index is 14.0. The summed E-state index contributed by atoms with van der Waals surface area (Å²) in [5, 5.41) is 0.